The molecule has 1 unspecified atom stereocenters. The van der Waals surface area contributed by atoms with Gasteiger partial charge < -0.3 is 10.3 Å². The first-order chi connectivity index (χ1) is 14.1. The number of carbonyl (C=O) groups excluding carboxylic acids is 1. The summed E-state index contributed by atoms with van der Waals surface area (Å²) in [6.07, 6.45) is 4.93. The van der Waals surface area contributed by atoms with Gasteiger partial charge >= 0.3 is 0 Å². The molecule has 1 amide bonds. The zero-order chi connectivity index (χ0) is 20.0. The predicted molar refractivity (Wildman–Crippen MR) is 112 cm³/mol. The van der Waals surface area contributed by atoms with Crippen LogP contribution in [0.15, 0.2) is 47.3 Å². The smallest absolute Gasteiger partial charge is 0.256 e. The fraction of sp³-hybridized carbons (Fsp3) is 0.375. The summed E-state index contributed by atoms with van der Waals surface area (Å²) in [6, 6.07) is 14.9. The third kappa shape index (κ3) is 3.09. The molecule has 5 nitrogen and oxygen atoms in total. The lowest BCUT2D eigenvalue weighted by Gasteiger charge is -2.22. The van der Waals surface area contributed by atoms with Crippen LogP contribution in [0.2, 0.25) is 0 Å². The van der Waals surface area contributed by atoms with E-state index in [2.05, 4.69) is 16.4 Å². The number of H-pyrrole nitrogens is 1. The van der Waals surface area contributed by atoms with Crippen molar-refractivity contribution in [1.82, 2.24) is 10.3 Å². The first-order valence-electron chi connectivity index (χ1n) is 10.4. The Morgan fingerprint density at radius 1 is 1.14 bits per heavy atom. The van der Waals surface area contributed by atoms with Crippen molar-refractivity contribution < 1.29 is 4.79 Å². The van der Waals surface area contributed by atoms with E-state index >= 15 is 0 Å². The zero-order valence-electron chi connectivity index (χ0n) is 16.2. The number of aromatic nitrogens is 1. The molecule has 5 heteroatoms. The summed E-state index contributed by atoms with van der Waals surface area (Å²) in [5.41, 5.74) is 1.59. The molecular weight excluding hydrogens is 362 g/mol. The van der Waals surface area contributed by atoms with Crippen molar-refractivity contribution in [3.8, 4) is 6.07 Å². The van der Waals surface area contributed by atoms with E-state index in [4.69, 9.17) is 0 Å². The molecule has 1 aromatic heterocycles. The first kappa shape index (κ1) is 17.9. The number of fused-ring (bicyclic) bond motifs is 5. The van der Waals surface area contributed by atoms with Crippen molar-refractivity contribution in [1.29, 1.82) is 5.26 Å². The second-order valence-corrected chi connectivity index (χ2v) is 8.52. The molecule has 2 saturated carbocycles. The molecule has 0 radical (unpaired) electrons. The number of carbonyl (C=O) groups is 1. The third-order valence-electron chi connectivity index (χ3n) is 6.81. The standard InChI is InChI=1S/C24H23N3O2/c25-13-17(26-24(29)20-11-14-8-9-15(20)10-14)12-16-4-3-7-21-22(16)18-5-1-2-6-19(18)23(28)27-21/h1-7,14-15,17,20H,8-12H2,(H,26,29)(H,27,28)/t14-,15+,17?,20+/m1/s1. The summed E-state index contributed by atoms with van der Waals surface area (Å²) in [5.74, 6) is 1.28. The van der Waals surface area contributed by atoms with E-state index in [-0.39, 0.29) is 17.4 Å². The number of benzene rings is 2. The van der Waals surface area contributed by atoms with Crippen LogP contribution in [0, 0.1) is 29.1 Å². The van der Waals surface area contributed by atoms with Crippen molar-refractivity contribution in [2.45, 2.75) is 38.1 Å². The van der Waals surface area contributed by atoms with Crippen LogP contribution in [0.1, 0.15) is 31.2 Å². The van der Waals surface area contributed by atoms with E-state index in [1.165, 1.54) is 6.42 Å². The largest absolute Gasteiger partial charge is 0.340 e. The second kappa shape index (κ2) is 7.04. The summed E-state index contributed by atoms with van der Waals surface area (Å²) in [7, 11) is 0. The Balaban J connectivity index is 1.46. The van der Waals surface area contributed by atoms with Gasteiger partial charge in [0.2, 0.25) is 5.91 Å². The van der Waals surface area contributed by atoms with Crippen LogP contribution in [0.4, 0.5) is 0 Å². The SMILES string of the molecule is N#CC(Cc1cccc2[nH]c(=O)c3ccccc3c12)NC(=O)[C@H]1C[C@@H]2CC[C@H]1C2. The van der Waals surface area contributed by atoms with Crippen LogP contribution in [0.5, 0.6) is 0 Å². The van der Waals surface area contributed by atoms with Gasteiger partial charge in [0, 0.05) is 28.6 Å². The summed E-state index contributed by atoms with van der Waals surface area (Å²) in [6.45, 7) is 0. The number of nitriles is 1. The monoisotopic (exact) mass is 385 g/mol. The maximum Gasteiger partial charge on any atom is 0.256 e. The van der Waals surface area contributed by atoms with Gasteiger partial charge in [0.25, 0.3) is 5.56 Å². The molecule has 2 aromatic carbocycles. The lowest BCUT2D eigenvalue weighted by Crippen LogP contribution is -2.41. The highest BCUT2D eigenvalue weighted by molar-refractivity contribution is 6.07. The van der Waals surface area contributed by atoms with Crippen molar-refractivity contribution in [2.75, 3.05) is 0 Å². The van der Waals surface area contributed by atoms with Gasteiger partial charge in [-0.2, -0.15) is 5.26 Å². The summed E-state index contributed by atoms with van der Waals surface area (Å²) in [5, 5.41) is 15.2. The van der Waals surface area contributed by atoms with E-state index in [1.807, 2.05) is 42.5 Å². The molecule has 29 heavy (non-hydrogen) atoms. The molecule has 2 fully saturated rings. The number of nitrogens with one attached hydrogen (secondary N) is 2. The summed E-state index contributed by atoms with van der Waals surface area (Å²) < 4.78 is 0. The fourth-order valence-corrected chi connectivity index (χ4v) is 5.47. The molecule has 2 aliphatic carbocycles. The van der Waals surface area contributed by atoms with Gasteiger partial charge in [0.15, 0.2) is 0 Å². The number of pyridine rings is 1. The van der Waals surface area contributed by atoms with Crippen molar-refractivity contribution >= 4 is 27.6 Å². The van der Waals surface area contributed by atoms with E-state index in [1.54, 1.807) is 0 Å². The number of rotatable bonds is 4. The highest BCUT2D eigenvalue weighted by atomic mass is 16.2. The Morgan fingerprint density at radius 3 is 2.69 bits per heavy atom. The second-order valence-electron chi connectivity index (χ2n) is 8.52. The van der Waals surface area contributed by atoms with Crippen LogP contribution in [-0.2, 0) is 11.2 Å². The number of hydrogen-bond acceptors (Lipinski definition) is 3. The normalized spacial score (nSPS) is 23.9. The Labute approximate surface area is 168 Å². The number of hydrogen-bond donors (Lipinski definition) is 2. The van der Waals surface area contributed by atoms with Crippen molar-refractivity contribution in [3.05, 3.63) is 58.4 Å². The molecule has 0 spiro atoms. The minimum atomic E-state index is -0.585. The van der Waals surface area contributed by atoms with Gasteiger partial charge in [-0.15, -0.1) is 0 Å². The van der Waals surface area contributed by atoms with Crippen LogP contribution in [0.3, 0.4) is 0 Å². The minimum Gasteiger partial charge on any atom is -0.340 e. The molecule has 146 valence electrons. The van der Waals surface area contributed by atoms with Crippen LogP contribution in [-0.4, -0.2) is 16.9 Å². The number of amides is 1. The fourth-order valence-electron chi connectivity index (χ4n) is 5.47. The maximum absolute atomic E-state index is 12.8. The predicted octanol–water partition coefficient (Wildman–Crippen LogP) is 3.67. The third-order valence-corrected chi connectivity index (χ3v) is 6.81. The van der Waals surface area contributed by atoms with Crippen LogP contribution in [0.25, 0.3) is 21.7 Å². The van der Waals surface area contributed by atoms with Gasteiger partial charge in [-0.1, -0.05) is 36.8 Å². The maximum atomic E-state index is 12.8. The molecule has 2 N–H and O–H groups in total. The molecule has 4 atom stereocenters. The molecule has 5 rings (SSSR count). The Bertz CT molecular complexity index is 1210. The molecule has 3 aromatic rings. The zero-order valence-corrected chi connectivity index (χ0v) is 16.2. The molecule has 2 bridgehead atoms. The van der Waals surface area contributed by atoms with Crippen molar-refractivity contribution in [3.63, 3.8) is 0 Å². The number of nitrogens with zero attached hydrogens (tertiary/aromatic N) is 1. The highest BCUT2D eigenvalue weighted by Crippen LogP contribution is 2.48. The molecule has 1 heterocycles. The topological polar surface area (TPSA) is 85.8 Å². The average Bonchev–Trinajstić information content (AvgIpc) is 3.37. The quantitative estimate of drug-likeness (QED) is 0.672. The lowest BCUT2D eigenvalue weighted by molar-refractivity contribution is -0.126. The minimum absolute atomic E-state index is 0.0299. The highest BCUT2D eigenvalue weighted by Gasteiger charge is 2.43. The van der Waals surface area contributed by atoms with Gasteiger partial charge in [-0.25, -0.2) is 0 Å². The Hall–Kier alpha value is -3.13. The van der Waals surface area contributed by atoms with Gasteiger partial charge in [0.1, 0.15) is 6.04 Å². The van der Waals surface area contributed by atoms with Gasteiger partial charge in [-0.3, -0.25) is 9.59 Å². The molecule has 0 saturated heterocycles. The molecule has 2 aliphatic rings. The van der Waals surface area contributed by atoms with E-state index in [0.29, 0.717) is 23.6 Å². The van der Waals surface area contributed by atoms with Crippen LogP contribution < -0.4 is 10.9 Å². The van der Waals surface area contributed by atoms with Crippen LogP contribution >= 0.6 is 0 Å². The first-order valence-corrected chi connectivity index (χ1v) is 10.4. The summed E-state index contributed by atoms with van der Waals surface area (Å²) >= 11 is 0. The summed E-state index contributed by atoms with van der Waals surface area (Å²) in [4.78, 5) is 28.1. The molecule has 0 aliphatic heterocycles. The van der Waals surface area contributed by atoms with Crippen molar-refractivity contribution in [2.24, 2.45) is 17.8 Å². The van der Waals surface area contributed by atoms with E-state index < -0.39 is 6.04 Å². The van der Waals surface area contributed by atoms with E-state index in [0.717, 1.165) is 41.1 Å². The molecular formula is C24H23N3O2. The van der Waals surface area contributed by atoms with Gasteiger partial charge in [-0.05, 0) is 54.2 Å². The van der Waals surface area contributed by atoms with E-state index in [9.17, 15) is 14.9 Å². The lowest BCUT2D eigenvalue weighted by atomic mass is 9.88. The number of aromatic amines is 1. The Kier molecular flexibility index (Phi) is 4.35. The Morgan fingerprint density at radius 2 is 1.97 bits per heavy atom. The van der Waals surface area contributed by atoms with Gasteiger partial charge in [0.05, 0.1) is 6.07 Å². The average molecular weight is 385 g/mol.